The van der Waals surface area contributed by atoms with Gasteiger partial charge >= 0.3 is 0 Å². The molecule has 0 radical (unpaired) electrons. The summed E-state index contributed by atoms with van der Waals surface area (Å²) in [5, 5.41) is 15.0. The molecule has 1 N–H and O–H groups in total. The Morgan fingerprint density at radius 3 is 2.50 bits per heavy atom. The molecule has 0 saturated heterocycles. The molecule has 0 spiro atoms. The molecule has 24 heavy (non-hydrogen) atoms. The highest BCUT2D eigenvalue weighted by Gasteiger charge is 2.31. The second kappa shape index (κ2) is 6.94. The van der Waals surface area contributed by atoms with Gasteiger partial charge in [0, 0.05) is 0 Å². The Morgan fingerprint density at radius 1 is 1.25 bits per heavy atom. The summed E-state index contributed by atoms with van der Waals surface area (Å²) in [5.74, 6) is 2.54. The Hall–Kier alpha value is -1.86. The van der Waals surface area contributed by atoms with Gasteiger partial charge < -0.3 is 9.52 Å². The minimum absolute atomic E-state index is 0.118. The highest BCUT2D eigenvalue weighted by molar-refractivity contribution is 7.17. The number of rotatable bonds is 7. The van der Waals surface area contributed by atoms with Crippen LogP contribution in [0.15, 0.2) is 16.5 Å². The summed E-state index contributed by atoms with van der Waals surface area (Å²) in [4.78, 5) is 8.29. The molecule has 0 bridgehead atoms. The van der Waals surface area contributed by atoms with E-state index in [2.05, 4.69) is 28.8 Å². The quantitative estimate of drug-likeness (QED) is 0.701. The molecule has 3 heterocycles. The number of nitrogens with zero attached hydrogens (tertiary/aromatic N) is 4. The van der Waals surface area contributed by atoms with Crippen molar-refractivity contribution in [2.45, 2.75) is 46.6 Å². The molecule has 3 aromatic heterocycles. The molecule has 0 aliphatic carbocycles. The molecule has 6 nitrogen and oxygen atoms in total. The molecule has 0 amide bonds. The van der Waals surface area contributed by atoms with Gasteiger partial charge in [-0.3, -0.25) is 4.90 Å². The number of hydrogen-bond acceptors (Lipinski definition) is 6. The van der Waals surface area contributed by atoms with Crippen LogP contribution in [0.5, 0.6) is 5.88 Å². The van der Waals surface area contributed by atoms with Crippen LogP contribution in [0.1, 0.15) is 55.0 Å². The molecule has 0 aliphatic rings. The number of thiazole rings is 1. The molecule has 1 unspecified atom stereocenters. The van der Waals surface area contributed by atoms with Gasteiger partial charge in [0.05, 0.1) is 4.88 Å². The standard InChI is InChI=1S/C17H24N4O2S/c1-5-9-20(10-6-2)14(13-8-7-11(3)23-13)15-16(22)21-17(24-15)18-12(4)19-21/h7-8,14,22H,5-6,9-10H2,1-4H3. The number of aryl methyl sites for hydroxylation is 2. The number of fused-ring (bicyclic) bond motifs is 1. The van der Waals surface area contributed by atoms with Crippen molar-refractivity contribution in [3.05, 3.63) is 34.4 Å². The minimum atomic E-state index is -0.118. The molecule has 0 fully saturated rings. The lowest BCUT2D eigenvalue weighted by atomic mass is 10.1. The maximum atomic E-state index is 10.7. The lowest BCUT2D eigenvalue weighted by molar-refractivity contribution is 0.201. The Balaban J connectivity index is 2.11. The minimum Gasteiger partial charge on any atom is -0.492 e. The van der Waals surface area contributed by atoms with Crippen molar-refractivity contribution in [3.63, 3.8) is 0 Å². The van der Waals surface area contributed by atoms with E-state index < -0.39 is 0 Å². The zero-order valence-corrected chi connectivity index (χ0v) is 15.4. The van der Waals surface area contributed by atoms with Crippen LogP contribution < -0.4 is 0 Å². The molecule has 0 saturated carbocycles. The zero-order chi connectivity index (χ0) is 17.3. The summed E-state index contributed by atoms with van der Waals surface area (Å²) in [5.41, 5.74) is 0. The van der Waals surface area contributed by atoms with Gasteiger partial charge in [-0.15, -0.1) is 5.10 Å². The molecule has 3 rings (SSSR count). The van der Waals surface area contributed by atoms with Crippen LogP contribution in [-0.2, 0) is 0 Å². The summed E-state index contributed by atoms with van der Waals surface area (Å²) in [7, 11) is 0. The molecule has 1 atom stereocenters. The first-order chi connectivity index (χ1) is 11.5. The average Bonchev–Trinajstić information content (AvgIpc) is 3.19. The average molecular weight is 348 g/mol. The van der Waals surface area contributed by atoms with Gasteiger partial charge in [-0.1, -0.05) is 25.2 Å². The summed E-state index contributed by atoms with van der Waals surface area (Å²) in [6.07, 6.45) is 2.08. The monoisotopic (exact) mass is 348 g/mol. The highest BCUT2D eigenvalue weighted by atomic mass is 32.1. The third kappa shape index (κ3) is 3.06. The van der Waals surface area contributed by atoms with E-state index in [1.54, 1.807) is 0 Å². The van der Waals surface area contributed by atoms with E-state index in [4.69, 9.17) is 4.42 Å². The van der Waals surface area contributed by atoms with E-state index >= 15 is 0 Å². The second-order valence-corrected chi connectivity index (χ2v) is 7.04. The molecular formula is C17H24N4O2S. The van der Waals surface area contributed by atoms with Crippen molar-refractivity contribution in [1.82, 2.24) is 19.5 Å². The van der Waals surface area contributed by atoms with E-state index in [1.807, 2.05) is 26.0 Å². The molecule has 130 valence electrons. The molecular weight excluding hydrogens is 324 g/mol. The van der Waals surface area contributed by atoms with Gasteiger partial charge in [0.2, 0.25) is 10.8 Å². The molecule has 7 heteroatoms. The van der Waals surface area contributed by atoms with Crippen LogP contribution in [0.25, 0.3) is 4.96 Å². The van der Waals surface area contributed by atoms with Crippen molar-refractivity contribution < 1.29 is 9.52 Å². The summed E-state index contributed by atoms with van der Waals surface area (Å²) >= 11 is 1.47. The first-order valence-electron chi connectivity index (χ1n) is 8.40. The van der Waals surface area contributed by atoms with Crippen LogP contribution in [-0.4, -0.2) is 37.7 Å². The van der Waals surface area contributed by atoms with Crippen molar-refractivity contribution in [2.75, 3.05) is 13.1 Å². The molecule has 0 aromatic carbocycles. The second-order valence-electron chi connectivity index (χ2n) is 6.03. The van der Waals surface area contributed by atoms with Gasteiger partial charge in [0.25, 0.3) is 0 Å². The van der Waals surface area contributed by atoms with Gasteiger partial charge in [0.1, 0.15) is 23.4 Å². The van der Waals surface area contributed by atoms with Crippen LogP contribution in [0.4, 0.5) is 0 Å². The van der Waals surface area contributed by atoms with E-state index in [0.717, 1.165) is 42.3 Å². The third-order valence-corrected chi connectivity index (χ3v) is 5.04. The molecule has 3 aromatic rings. The predicted octanol–water partition coefficient (Wildman–Crippen LogP) is 3.92. The van der Waals surface area contributed by atoms with Crippen LogP contribution in [0.3, 0.4) is 0 Å². The topological polar surface area (TPSA) is 66.8 Å². The van der Waals surface area contributed by atoms with Crippen molar-refractivity contribution in [1.29, 1.82) is 0 Å². The number of aromatic hydroxyl groups is 1. The Morgan fingerprint density at radius 2 is 1.96 bits per heavy atom. The van der Waals surface area contributed by atoms with E-state index in [0.29, 0.717) is 10.8 Å². The molecule has 0 aliphatic heterocycles. The van der Waals surface area contributed by atoms with Crippen LogP contribution in [0, 0.1) is 13.8 Å². The number of furan rings is 1. The summed E-state index contributed by atoms with van der Waals surface area (Å²) in [6.45, 7) is 9.97. The predicted molar refractivity (Wildman–Crippen MR) is 94.7 cm³/mol. The Labute approximate surface area is 145 Å². The maximum absolute atomic E-state index is 10.7. The fraction of sp³-hybridized carbons (Fsp3) is 0.529. The summed E-state index contributed by atoms with van der Waals surface area (Å²) in [6, 6.07) is 3.85. The summed E-state index contributed by atoms with van der Waals surface area (Å²) < 4.78 is 7.45. The third-order valence-electron chi connectivity index (χ3n) is 3.97. The van der Waals surface area contributed by atoms with Gasteiger partial charge in [-0.2, -0.15) is 4.52 Å². The first-order valence-corrected chi connectivity index (χ1v) is 9.22. The van der Waals surface area contributed by atoms with Crippen molar-refractivity contribution in [2.24, 2.45) is 0 Å². The van der Waals surface area contributed by atoms with E-state index in [1.165, 1.54) is 15.9 Å². The van der Waals surface area contributed by atoms with Gasteiger partial charge in [-0.05, 0) is 51.9 Å². The van der Waals surface area contributed by atoms with E-state index in [9.17, 15) is 5.11 Å². The van der Waals surface area contributed by atoms with Gasteiger partial charge in [-0.25, -0.2) is 4.98 Å². The Kier molecular flexibility index (Phi) is 4.91. The normalized spacial score (nSPS) is 13.2. The number of aromatic nitrogens is 3. The van der Waals surface area contributed by atoms with Crippen LogP contribution >= 0.6 is 11.3 Å². The fourth-order valence-corrected chi connectivity index (χ4v) is 4.19. The van der Waals surface area contributed by atoms with Gasteiger partial charge in [0.15, 0.2) is 0 Å². The fourth-order valence-electron chi connectivity index (χ4n) is 3.05. The smallest absolute Gasteiger partial charge is 0.230 e. The number of hydrogen-bond donors (Lipinski definition) is 1. The van der Waals surface area contributed by atoms with E-state index in [-0.39, 0.29) is 11.9 Å². The lowest BCUT2D eigenvalue weighted by Gasteiger charge is -2.29. The maximum Gasteiger partial charge on any atom is 0.230 e. The zero-order valence-electron chi connectivity index (χ0n) is 14.6. The van der Waals surface area contributed by atoms with Crippen molar-refractivity contribution in [3.8, 4) is 5.88 Å². The lowest BCUT2D eigenvalue weighted by Crippen LogP contribution is -2.30. The SMILES string of the molecule is CCCN(CCC)C(c1ccc(C)o1)c1sc2nc(C)nn2c1O. The van der Waals surface area contributed by atoms with Crippen molar-refractivity contribution >= 4 is 16.3 Å². The largest absolute Gasteiger partial charge is 0.492 e. The highest BCUT2D eigenvalue weighted by Crippen LogP contribution is 2.40. The van der Waals surface area contributed by atoms with Crippen LogP contribution in [0.2, 0.25) is 0 Å². The first kappa shape index (κ1) is 17.0. The Bertz CT molecular complexity index is 814.